The largest absolute Gasteiger partial charge is 0.493 e. The molecule has 0 N–H and O–H groups in total. The molecule has 1 aliphatic heterocycles. The van der Waals surface area contributed by atoms with Gasteiger partial charge in [-0.1, -0.05) is 43.3 Å². The molecule has 1 atom stereocenters. The molecule has 8 nitrogen and oxygen atoms in total. The molecule has 3 aromatic rings. The van der Waals surface area contributed by atoms with E-state index in [1.807, 2.05) is 10.7 Å². The van der Waals surface area contributed by atoms with Crippen molar-refractivity contribution in [2.45, 2.75) is 45.3 Å². The molecule has 34 heavy (non-hydrogen) atoms. The molecule has 0 aliphatic carbocycles. The standard InChI is InChI=1S/C26H36N6O2/c1-6-26(2,3)32-25(27-28-29-32)24(21-12-13-22(33-4)23(18-21)34-5)31-16-14-30(15-17-31)19-20-10-8-7-9-11-20/h7-13,18,24H,6,14-17,19H2,1-5H3/t24-/m0/s1. The number of piperazine rings is 1. The zero-order chi connectivity index (χ0) is 24.1. The SMILES string of the molecule is CCC(C)(C)n1nnnc1[C@H](c1ccc(OC)c(OC)c1)N1CCN(Cc2ccccc2)CC1. The average molecular weight is 465 g/mol. The van der Waals surface area contributed by atoms with E-state index < -0.39 is 0 Å². The Morgan fingerprint density at radius 1 is 0.941 bits per heavy atom. The highest BCUT2D eigenvalue weighted by Gasteiger charge is 2.34. The van der Waals surface area contributed by atoms with Crippen LogP contribution in [0.3, 0.4) is 0 Å². The van der Waals surface area contributed by atoms with Crippen LogP contribution >= 0.6 is 0 Å². The normalized spacial score (nSPS) is 16.4. The van der Waals surface area contributed by atoms with E-state index in [0.29, 0.717) is 11.5 Å². The van der Waals surface area contributed by atoms with Crippen molar-refractivity contribution in [3.63, 3.8) is 0 Å². The van der Waals surface area contributed by atoms with E-state index in [4.69, 9.17) is 9.47 Å². The van der Waals surface area contributed by atoms with Crippen molar-refractivity contribution in [3.8, 4) is 11.5 Å². The Labute approximate surface area is 202 Å². The quantitative estimate of drug-likeness (QED) is 0.478. The summed E-state index contributed by atoms with van der Waals surface area (Å²) in [4.78, 5) is 4.99. The Balaban J connectivity index is 1.64. The van der Waals surface area contributed by atoms with E-state index in [1.165, 1.54) is 5.56 Å². The van der Waals surface area contributed by atoms with Crippen LogP contribution in [0.25, 0.3) is 0 Å². The Bertz CT molecular complexity index is 1060. The average Bonchev–Trinajstić information content (AvgIpc) is 3.36. The monoisotopic (exact) mass is 464 g/mol. The first-order valence-electron chi connectivity index (χ1n) is 12.0. The van der Waals surface area contributed by atoms with Crippen LogP contribution in [0.2, 0.25) is 0 Å². The van der Waals surface area contributed by atoms with E-state index >= 15 is 0 Å². The number of aromatic nitrogens is 4. The molecule has 1 fully saturated rings. The van der Waals surface area contributed by atoms with Crippen LogP contribution in [0.5, 0.6) is 11.5 Å². The summed E-state index contributed by atoms with van der Waals surface area (Å²) in [5.74, 6) is 2.28. The Hall–Kier alpha value is -2.97. The summed E-state index contributed by atoms with van der Waals surface area (Å²) >= 11 is 0. The van der Waals surface area contributed by atoms with Crippen molar-refractivity contribution in [1.29, 1.82) is 0 Å². The molecule has 0 saturated carbocycles. The van der Waals surface area contributed by atoms with E-state index in [1.54, 1.807) is 14.2 Å². The fraction of sp³-hybridized carbons (Fsp3) is 0.500. The van der Waals surface area contributed by atoms with Gasteiger partial charge in [0, 0.05) is 32.7 Å². The van der Waals surface area contributed by atoms with Gasteiger partial charge >= 0.3 is 0 Å². The third-order valence-corrected chi connectivity index (χ3v) is 6.92. The second-order valence-electron chi connectivity index (χ2n) is 9.43. The second-order valence-corrected chi connectivity index (χ2v) is 9.43. The highest BCUT2D eigenvalue weighted by atomic mass is 16.5. The van der Waals surface area contributed by atoms with Crippen molar-refractivity contribution in [3.05, 3.63) is 65.5 Å². The molecule has 0 amide bonds. The molecule has 1 aliphatic rings. The first kappa shape index (κ1) is 24.2. The molecule has 182 valence electrons. The van der Waals surface area contributed by atoms with Crippen LogP contribution in [0, 0.1) is 0 Å². The molecule has 0 spiro atoms. The predicted molar refractivity (Wildman–Crippen MR) is 132 cm³/mol. The summed E-state index contributed by atoms with van der Waals surface area (Å²) in [7, 11) is 3.33. The number of hydrogen-bond acceptors (Lipinski definition) is 7. The van der Waals surface area contributed by atoms with Crippen LogP contribution < -0.4 is 9.47 Å². The molecule has 0 unspecified atom stereocenters. The minimum atomic E-state index is -0.192. The first-order chi connectivity index (χ1) is 16.5. The molecule has 0 radical (unpaired) electrons. The third kappa shape index (κ3) is 5.08. The van der Waals surface area contributed by atoms with Gasteiger partial charge in [0.15, 0.2) is 17.3 Å². The van der Waals surface area contributed by atoms with Gasteiger partial charge in [-0.05, 0) is 54.0 Å². The van der Waals surface area contributed by atoms with Crippen LogP contribution in [0.4, 0.5) is 0 Å². The van der Waals surface area contributed by atoms with Crippen LogP contribution in [-0.2, 0) is 12.1 Å². The molecular weight excluding hydrogens is 428 g/mol. The van der Waals surface area contributed by atoms with Gasteiger partial charge in [-0.15, -0.1) is 5.10 Å². The zero-order valence-electron chi connectivity index (χ0n) is 20.9. The predicted octanol–water partition coefficient (Wildman–Crippen LogP) is 3.74. The number of benzene rings is 2. The molecule has 2 aromatic carbocycles. The van der Waals surface area contributed by atoms with E-state index in [9.17, 15) is 0 Å². The number of tetrazole rings is 1. The zero-order valence-corrected chi connectivity index (χ0v) is 20.9. The van der Waals surface area contributed by atoms with Crippen molar-refractivity contribution < 1.29 is 9.47 Å². The molecule has 0 bridgehead atoms. The summed E-state index contributed by atoms with van der Waals surface area (Å²) in [5.41, 5.74) is 2.25. The third-order valence-electron chi connectivity index (χ3n) is 6.92. The minimum Gasteiger partial charge on any atom is -0.493 e. The summed E-state index contributed by atoms with van der Waals surface area (Å²) < 4.78 is 13.1. The van der Waals surface area contributed by atoms with Crippen LogP contribution in [-0.4, -0.2) is 70.4 Å². The van der Waals surface area contributed by atoms with Crippen molar-refractivity contribution in [2.75, 3.05) is 40.4 Å². The van der Waals surface area contributed by atoms with Gasteiger partial charge in [0.1, 0.15) is 0 Å². The van der Waals surface area contributed by atoms with Gasteiger partial charge in [0.05, 0.1) is 25.8 Å². The molecule has 8 heteroatoms. The number of ether oxygens (including phenoxy) is 2. The maximum Gasteiger partial charge on any atom is 0.173 e. The van der Waals surface area contributed by atoms with E-state index in [2.05, 4.69) is 88.6 Å². The van der Waals surface area contributed by atoms with Crippen LogP contribution in [0.1, 0.15) is 50.2 Å². The van der Waals surface area contributed by atoms with E-state index in [0.717, 1.165) is 50.5 Å². The van der Waals surface area contributed by atoms with Gasteiger partial charge < -0.3 is 9.47 Å². The lowest BCUT2D eigenvalue weighted by Gasteiger charge is -2.39. The van der Waals surface area contributed by atoms with Gasteiger partial charge in [0.2, 0.25) is 0 Å². The lowest BCUT2D eigenvalue weighted by atomic mass is 9.98. The van der Waals surface area contributed by atoms with Crippen LogP contribution in [0.15, 0.2) is 48.5 Å². The van der Waals surface area contributed by atoms with Crippen molar-refractivity contribution in [2.24, 2.45) is 0 Å². The fourth-order valence-electron chi connectivity index (χ4n) is 4.51. The number of methoxy groups -OCH3 is 2. The van der Waals surface area contributed by atoms with Gasteiger partial charge in [0.25, 0.3) is 0 Å². The molecule has 2 heterocycles. The maximum absolute atomic E-state index is 5.62. The number of nitrogens with zero attached hydrogens (tertiary/aromatic N) is 6. The smallest absolute Gasteiger partial charge is 0.173 e. The first-order valence-corrected chi connectivity index (χ1v) is 12.0. The summed E-state index contributed by atoms with van der Waals surface area (Å²) in [5, 5.41) is 13.0. The van der Waals surface area contributed by atoms with Gasteiger partial charge in [-0.2, -0.15) is 0 Å². The molecule has 4 rings (SSSR count). The number of rotatable bonds is 9. The lowest BCUT2D eigenvalue weighted by Crippen LogP contribution is -2.48. The number of hydrogen-bond donors (Lipinski definition) is 0. The summed E-state index contributed by atoms with van der Waals surface area (Å²) in [6.45, 7) is 11.3. The van der Waals surface area contributed by atoms with Gasteiger partial charge in [-0.25, -0.2) is 4.68 Å². The van der Waals surface area contributed by atoms with E-state index in [-0.39, 0.29) is 11.6 Å². The van der Waals surface area contributed by atoms with Crippen molar-refractivity contribution >= 4 is 0 Å². The highest BCUT2D eigenvalue weighted by Crippen LogP contribution is 2.36. The minimum absolute atomic E-state index is 0.0838. The highest BCUT2D eigenvalue weighted by molar-refractivity contribution is 5.45. The van der Waals surface area contributed by atoms with Gasteiger partial charge in [-0.3, -0.25) is 9.80 Å². The summed E-state index contributed by atoms with van der Waals surface area (Å²) in [6.07, 6.45) is 0.925. The second kappa shape index (κ2) is 10.5. The fourth-order valence-corrected chi connectivity index (χ4v) is 4.51. The summed E-state index contributed by atoms with van der Waals surface area (Å²) in [6, 6.07) is 16.7. The maximum atomic E-state index is 5.62. The Kier molecular flexibility index (Phi) is 7.48. The van der Waals surface area contributed by atoms with Crippen molar-refractivity contribution in [1.82, 2.24) is 30.0 Å². The molecule has 1 aromatic heterocycles. The Morgan fingerprint density at radius 2 is 1.65 bits per heavy atom. The molecular formula is C26H36N6O2. The molecule has 1 saturated heterocycles. The lowest BCUT2D eigenvalue weighted by molar-refractivity contribution is 0.0971. The Morgan fingerprint density at radius 3 is 2.29 bits per heavy atom. The topological polar surface area (TPSA) is 68.5 Å².